The number of carbonyl (C=O) groups is 2. The molecule has 3 rings (SSSR count). The fourth-order valence-electron chi connectivity index (χ4n) is 3.10. The van der Waals surface area contributed by atoms with Crippen molar-refractivity contribution in [1.82, 2.24) is 15.5 Å². The molecule has 22 heavy (non-hydrogen) atoms. The van der Waals surface area contributed by atoms with Crippen molar-refractivity contribution in [3.8, 4) is 0 Å². The second kappa shape index (κ2) is 6.92. The van der Waals surface area contributed by atoms with Crippen LogP contribution in [0.1, 0.15) is 41.6 Å². The average molecular weight is 301 g/mol. The third-order valence-corrected chi connectivity index (χ3v) is 4.39. The Kier molecular flexibility index (Phi) is 4.73. The summed E-state index contributed by atoms with van der Waals surface area (Å²) in [4.78, 5) is 25.7. The second-order valence-corrected chi connectivity index (χ2v) is 6.13. The van der Waals surface area contributed by atoms with Crippen LogP contribution in [0.5, 0.6) is 0 Å². The van der Waals surface area contributed by atoms with Gasteiger partial charge in [0.2, 0.25) is 5.91 Å². The predicted molar refractivity (Wildman–Crippen MR) is 84.5 cm³/mol. The van der Waals surface area contributed by atoms with Gasteiger partial charge in [0.25, 0.3) is 5.91 Å². The van der Waals surface area contributed by atoms with Gasteiger partial charge in [-0.2, -0.15) is 0 Å². The van der Waals surface area contributed by atoms with Crippen LogP contribution in [0.15, 0.2) is 24.3 Å². The van der Waals surface area contributed by atoms with Crippen LogP contribution in [0.25, 0.3) is 0 Å². The smallest absolute Gasteiger partial charge is 0.251 e. The Bertz CT molecular complexity index is 535. The molecule has 0 bridgehead atoms. The van der Waals surface area contributed by atoms with E-state index in [4.69, 9.17) is 0 Å². The number of rotatable bonds is 4. The van der Waals surface area contributed by atoms with Crippen LogP contribution in [0.4, 0.5) is 0 Å². The van der Waals surface area contributed by atoms with E-state index in [1.54, 1.807) is 0 Å². The summed E-state index contributed by atoms with van der Waals surface area (Å²) in [6.07, 6.45) is 3.76. The van der Waals surface area contributed by atoms with Gasteiger partial charge < -0.3 is 15.5 Å². The quantitative estimate of drug-likeness (QED) is 0.881. The lowest BCUT2D eigenvalue weighted by atomic mass is 10.1. The number of piperidine rings is 1. The van der Waals surface area contributed by atoms with Crippen LogP contribution < -0.4 is 10.6 Å². The molecule has 2 aliphatic heterocycles. The number of hydrogen-bond donors (Lipinski definition) is 2. The summed E-state index contributed by atoms with van der Waals surface area (Å²) >= 11 is 0. The number of likely N-dealkylation sites (tertiary alicyclic amines) is 1. The highest BCUT2D eigenvalue weighted by atomic mass is 16.2. The van der Waals surface area contributed by atoms with Gasteiger partial charge in [-0.3, -0.25) is 9.59 Å². The molecule has 0 aliphatic carbocycles. The monoisotopic (exact) mass is 301 g/mol. The summed E-state index contributed by atoms with van der Waals surface area (Å²) in [5.74, 6) is 0.212. The van der Waals surface area contributed by atoms with E-state index in [9.17, 15) is 9.59 Å². The highest BCUT2D eigenvalue weighted by Gasteiger charge is 2.20. The van der Waals surface area contributed by atoms with Gasteiger partial charge in [0.05, 0.1) is 0 Å². The van der Waals surface area contributed by atoms with Crippen LogP contribution in [-0.2, 0) is 11.3 Å². The maximum absolute atomic E-state index is 12.2. The van der Waals surface area contributed by atoms with Crippen LogP contribution >= 0.6 is 0 Å². The first-order valence-electron chi connectivity index (χ1n) is 8.11. The Balaban J connectivity index is 1.56. The SMILES string of the molecule is O=C(NC1CCCNC1)c1ccc(CN2CCCC2=O)cc1. The highest BCUT2D eigenvalue weighted by molar-refractivity contribution is 5.94. The Morgan fingerprint density at radius 2 is 2.09 bits per heavy atom. The molecule has 5 heteroatoms. The van der Waals surface area contributed by atoms with Gasteiger partial charge >= 0.3 is 0 Å². The number of nitrogens with zero attached hydrogens (tertiary/aromatic N) is 1. The fraction of sp³-hybridized carbons (Fsp3) is 0.529. The first-order valence-corrected chi connectivity index (χ1v) is 8.11. The predicted octanol–water partition coefficient (Wildman–Crippen LogP) is 1.29. The number of benzene rings is 1. The summed E-state index contributed by atoms with van der Waals surface area (Å²) in [7, 11) is 0. The largest absolute Gasteiger partial charge is 0.348 e. The molecule has 2 N–H and O–H groups in total. The van der Waals surface area contributed by atoms with E-state index in [0.29, 0.717) is 18.5 Å². The van der Waals surface area contributed by atoms with Gasteiger partial charge in [-0.15, -0.1) is 0 Å². The van der Waals surface area contributed by atoms with Gasteiger partial charge in [-0.05, 0) is 43.5 Å². The van der Waals surface area contributed by atoms with Crippen molar-refractivity contribution in [1.29, 1.82) is 0 Å². The van der Waals surface area contributed by atoms with Crippen molar-refractivity contribution in [2.75, 3.05) is 19.6 Å². The van der Waals surface area contributed by atoms with Crippen molar-refractivity contribution >= 4 is 11.8 Å². The Labute approximate surface area is 131 Å². The first-order chi connectivity index (χ1) is 10.7. The molecule has 2 amide bonds. The van der Waals surface area contributed by atoms with E-state index in [1.165, 1.54) is 0 Å². The Morgan fingerprint density at radius 1 is 1.27 bits per heavy atom. The molecule has 2 heterocycles. The number of nitrogens with one attached hydrogen (secondary N) is 2. The molecular weight excluding hydrogens is 278 g/mol. The van der Waals surface area contributed by atoms with Crippen LogP contribution in [0.2, 0.25) is 0 Å². The zero-order valence-electron chi connectivity index (χ0n) is 12.8. The summed E-state index contributed by atoms with van der Waals surface area (Å²) in [5, 5.41) is 6.36. The Hall–Kier alpha value is -1.88. The molecule has 1 aromatic carbocycles. The minimum atomic E-state index is -0.0162. The van der Waals surface area contributed by atoms with Gasteiger partial charge in [0, 0.05) is 37.7 Å². The normalized spacial score (nSPS) is 21.9. The third kappa shape index (κ3) is 3.65. The zero-order chi connectivity index (χ0) is 15.4. The minimum Gasteiger partial charge on any atom is -0.348 e. The van der Waals surface area contributed by atoms with Crippen molar-refractivity contribution in [2.24, 2.45) is 0 Å². The molecule has 1 unspecified atom stereocenters. The maximum Gasteiger partial charge on any atom is 0.251 e. The molecule has 2 aliphatic rings. The van der Waals surface area contributed by atoms with Gasteiger partial charge in [0.15, 0.2) is 0 Å². The number of amides is 2. The number of carbonyl (C=O) groups excluding carboxylic acids is 2. The van der Waals surface area contributed by atoms with Gasteiger partial charge in [-0.25, -0.2) is 0 Å². The topological polar surface area (TPSA) is 61.4 Å². The first kappa shape index (κ1) is 15.0. The van der Waals surface area contributed by atoms with E-state index in [1.807, 2.05) is 29.2 Å². The summed E-state index contributed by atoms with van der Waals surface area (Å²) < 4.78 is 0. The van der Waals surface area contributed by atoms with Crippen LogP contribution in [-0.4, -0.2) is 42.4 Å². The molecule has 2 saturated heterocycles. The van der Waals surface area contributed by atoms with Gasteiger partial charge in [0.1, 0.15) is 0 Å². The molecule has 1 atom stereocenters. The highest BCUT2D eigenvalue weighted by Crippen LogP contribution is 2.15. The molecule has 5 nitrogen and oxygen atoms in total. The molecule has 118 valence electrons. The lowest BCUT2D eigenvalue weighted by Crippen LogP contribution is -2.45. The van der Waals surface area contributed by atoms with Crippen LogP contribution in [0, 0.1) is 0 Å². The van der Waals surface area contributed by atoms with E-state index in [2.05, 4.69) is 10.6 Å². The molecule has 2 fully saturated rings. The molecule has 0 aromatic heterocycles. The van der Waals surface area contributed by atoms with Crippen molar-refractivity contribution in [3.05, 3.63) is 35.4 Å². The van der Waals surface area contributed by atoms with Crippen molar-refractivity contribution in [3.63, 3.8) is 0 Å². The van der Waals surface area contributed by atoms with E-state index < -0.39 is 0 Å². The second-order valence-electron chi connectivity index (χ2n) is 6.13. The average Bonchev–Trinajstić information content (AvgIpc) is 2.94. The third-order valence-electron chi connectivity index (χ3n) is 4.39. The zero-order valence-corrected chi connectivity index (χ0v) is 12.8. The molecule has 0 radical (unpaired) electrons. The minimum absolute atomic E-state index is 0.0162. The van der Waals surface area contributed by atoms with E-state index in [-0.39, 0.29) is 17.9 Å². The fourth-order valence-corrected chi connectivity index (χ4v) is 3.10. The molecule has 0 spiro atoms. The summed E-state index contributed by atoms with van der Waals surface area (Å²) in [5.41, 5.74) is 1.76. The van der Waals surface area contributed by atoms with E-state index in [0.717, 1.165) is 44.5 Å². The van der Waals surface area contributed by atoms with Crippen molar-refractivity contribution < 1.29 is 9.59 Å². The Morgan fingerprint density at radius 3 is 2.73 bits per heavy atom. The van der Waals surface area contributed by atoms with Crippen molar-refractivity contribution in [2.45, 2.75) is 38.3 Å². The maximum atomic E-state index is 12.2. The number of hydrogen-bond acceptors (Lipinski definition) is 3. The standard InChI is InChI=1S/C17H23N3O2/c21-16-4-2-10-20(16)12-13-5-7-14(8-6-13)17(22)19-15-3-1-9-18-11-15/h5-8,15,18H,1-4,9-12H2,(H,19,22). The molecule has 1 aromatic rings. The van der Waals surface area contributed by atoms with Gasteiger partial charge in [-0.1, -0.05) is 12.1 Å². The lowest BCUT2D eigenvalue weighted by Gasteiger charge is -2.23. The molecule has 0 saturated carbocycles. The molecular formula is C17H23N3O2. The lowest BCUT2D eigenvalue weighted by molar-refractivity contribution is -0.128. The summed E-state index contributed by atoms with van der Waals surface area (Å²) in [6, 6.07) is 7.81. The van der Waals surface area contributed by atoms with E-state index >= 15 is 0 Å². The van der Waals surface area contributed by atoms with Crippen LogP contribution in [0.3, 0.4) is 0 Å². The summed E-state index contributed by atoms with van der Waals surface area (Å²) in [6.45, 7) is 3.38.